The molecule has 1 heterocycles. The molecular weight excluding hydrogens is 323 g/mol. The maximum Gasteiger partial charge on any atom is 0.416 e. The van der Waals surface area contributed by atoms with Gasteiger partial charge in [-0.15, -0.1) is 0 Å². The van der Waals surface area contributed by atoms with E-state index in [0.29, 0.717) is 37.8 Å². The van der Waals surface area contributed by atoms with Gasteiger partial charge in [0.25, 0.3) is 0 Å². The van der Waals surface area contributed by atoms with Gasteiger partial charge in [-0.25, -0.2) is 4.79 Å². The lowest BCUT2D eigenvalue weighted by atomic mass is 9.94. The summed E-state index contributed by atoms with van der Waals surface area (Å²) in [5.41, 5.74) is -0.0922. The Balaban J connectivity index is 2.09. The Morgan fingerprint density at radius 2 is 1.92 bits per heavy atom. The van der Waals surface area contributed by atoms with Crippen molar-refractivity contribution in [2.45, 2.75) is 44.8 Å². The highest BCUT2D eigenvalue weighted by atomic mass is 19.4. The number of aliphatic carboxylic acids is 1. The highest BCUT2D eigenvalue weighted by molar-refractivity contribution is 5.85. The Morgan fingerprint density at radius 1 is 1.29 bits per heavy atom. The number of halogens is 3. The first kappa shape index (κ1) is 18.3. The maximum absolute atomic E-state index is 12.6. The van der Waals surface area contributed by atoms with Gasteiger partial charge in [0.05, 0.1) is 5.56 Å². The summed E-state index contributed by atoms with van der Waals surface area (Å²) in [5.74, 6) is -1.67. The number of rotatable bonds is 5. The molecule has 0 aromatic heterocycles. The zero-order chi connectivity index (χ0) is 17.9. The molecule has 1 aliphatic heterocycles. The van der Waals surface area contributed by atoms with Crippen molar-refractivity contribution in [3.8, 4) is 0 Å². The van der Waals surface area contributed by atoms with Crippen LogP contribution >= 0.6 is 0 Å². The lowest BCUT2D eigenvalue weighted by Crippen LogP contribution is -2.43. The average molecular weight is 343 g/mol. The van der Waals surface area contributed by atoms with E-state index in [4.69, 9.17) is 0 Å². The van der Waals surface area contributed by atoms with Crippen LogP contribution in [-0.4, -0.2) is 34.5 Å². The molecule has 0 bridgehead atoms. The van der Waals surface area contributed by atoms with Crippen LogP contribution in [0.4, 0.5) is 13.2 Å². The van der Waals surface area contributed by atoms with Crippen molar-refractivity contribution in [1.82, 2.24) is 4.90 Å². The second kappa shape index (κ2) is 7.23. The van der Waals surface area contributed by atoms with Gasteiger partial charge in [0.2, 0.25) is 5.91 Å². The molecular formula is C17H20F3NO3. The highest BCUT2D eigenvalue weighted by Gasteiger charge is 2.36. The standard InChI is InChI=1S/C17H20F3NO3/c1-2-12(15(22)21-9-3-4-14(21)16(23)24)10-11-5-7-13(8-6-11)17(18,19)20/h5-8,12,14H,2-4,9-10H2,1H3,(H,23,24)/t12?,14-/m0/s1. The van der Waals surface area contributed by atoms with Crippen LogP contribution in [-0.2, 0) is 22.2 Å². The Bertz CT molecular complexity index is 598. The molecule has 1 N–H and O–H groups in total. The largest absolute Gasteiger partial charge is 0.480 e. The zero-order valence-corrected chi connectivity index (χ0v) is 13.3. The van der Waals surface area contributed by atoms with Crippen LogP contribution in [0.25, 0.3) is 0 Å². The second-order valence-electron chi connectivity index (χ2n) is 6.03. The van der Waals surface area contributed by atoms with Gasteiger partial charge in [0, 0.05) is 12.5 Å². The van der Waals surface area contributed by atoms with Gasteiger partial charge in [0.15, 0.2) is 0 Å². The first-order valence-corrected chi connectivity index (χ1v) is 7.93. The number of carboxylic acid groups (broad SMARTS) is 1. The number of hydrogen-bond acceptors (Lipinski definition) is 2. The molecule has 1 amide bonds. The van der Waals surface area contributed by atoms with E-state index < -0.39 is 29.7 Å². The van der Waals surface area contributed by atoms with Gasteiger partial charge < -0.3 is 10.0 Å². The van der Waals surface area contributed by atoms with Gasteiger partial charge in [-0.1, -0.05) is 19.1 Å². The number of amides is 1. The summed E-state index contributed by atoms with van der Waals surface area (Å²) in [4.78, 5) is 25.2. The number of likely N-dealkylation sites (tertiary alicyclic amines) is 1. The van der Waals surface area contributed by atoms with Crippen molar-refractivity contribution in [1.29, 1.82) is 0 Å². The summed E-state index contributed by atoms with van der Waals surface area (Å²) in [5, 5.41) is 9.18. The first-order valence-electron chi connectivity index (χ1n) is 7.93. The topological polar surface area (TPSA) is 57.6 Å². The predicted molar refractivity (Wildman–Crippen MR) is 81.3 cm³/mol. The van der Waals surface area contributed by atoms with Crippen LogP contribution < -0.4 is 0 Å². The Hall–Kier alpha value is -2.05. The van der Waals surface area contributed by atoms with E-state index in [2.05, 4.69) is 0 Å². The number of carbonyl (C=O) groups is 2. The third kappa shape index (κ3) is 4.07. The van der Waals surface area contributed by atoms with Crippen LogP contribution in [0.15, 0.2) is 24.3 Å². The number of alkyl halides is 3. The number of hydrogen-bond donors (Lipinski definition) is 1. The van der Waals surface area contributed by atoms with E-state index in [1.54, 1.807) is 0 Å². The van der Waals surface area contributed by atoms with E-state index in [0.717, 1.165) is 12.1 Å². The molecule has 2 rings (SSSR count). The van der Waals surface area contributed by atoms with E-state index in [1.807, 2.05) is 6.92 Å². The molecule has 0 saturated carbocycles. The van der Waals surface area contributed by atoms with E-state index in [-0.39, 0.29) is 5.91 Å². The number of carbonyl (C=O) groups excluding carboxylic acids is 1. The average Bonchev–Trinajstić information content (AvgIpc) is 3.01. The molecule has 0 radical (unpaired) electrons. The summed E-state index contributed by atoms with van der Waals surface area (Å²) in [6.45, 7) is 2.23. The quantitative estimate of drug-likeness (QED) is 0.892. The zero-order valence-electron chi connectivity index (χ0n) is 13.3. The SMILES string of the molecule is CCC(Cc1ccc(C(F)(F)F)cc1)C(=O)N1CCC[C@H]1C(=O)O. The smallest absolute Gasteiger partial charge is 0.416 e. The normalized spacial score (nSPS) is 19.3. The van der Waals surface area contributed by atoms with Gasteiger partial charge in [-0.05, 0) is 43.4 Å². The third-order valence-electron chi connectivity index (χ3n) is 4.43. The molecule has 24 heavy (non-hydrogen) atoms. The summed E-state index contributed by atoms with van der Waals surface area (Å²) in [6.07, 6.45) is -2.49. The minimum atomic E-state index is -4.39. The van der Waals surface area contributed by atoms with Crippen molar-refractivity contribution >= 4 is 11.9 Å². The van der Waals surface area contributed by atoms with Crippen molar-refractivity contribution < 1.29 is 27.9 Å². The molecule has 1 saturated heterocycles. The molecule has 132 valence electrons. The summed E-state index contributed by atoms with van der Waals surface area (Å²) in [7, 11) is 0. The fourth-order valence-corrected chi connectivity index (χ4v) is 3.04. The van der Waals surface area contributed by atoms with E-state index in [9.17, 15) is 27.9 Å². The fourth-order valence-electron chi connectivity index (χ4n) is 3.04. The van der Waals surface area contributed by atoms with Gasteiger partial charge in [-0.3, -0.25) is 4.79 Å². The molecule has 7 heteroatoms. The monoisotopic (exact) mass is 343 g/mol. The molecule has 1 unspecified atom stereocenters. The number of carboxylic acids is 1. The van der Waals surface area contributed by atoms with Crippen LogP contribution in [0.5, 0.6) is 0 Å². The van der Waals surface area contributed by atoms with Gasteiger partial charge >= 0.3 is 12.1 Å². The Morgan fingerprint density at radius 3 is 2.42 bits per heavy atom. The van der Waals surface area contributed by atoms with Crippen molar-refractivity contribution in [2.75, 3.05) is 6.54 Å². The maximum atomic E-state index is 12.6. The second-order valence-corrected chi connectivity index (χ2v) is 6.03. The molecule has 1 aromatic rings. The number of nitrogens with zero attached hydrogens (tertiary/aromatic N) is 1. The lowest BCUT2D eigenvalue weighted by Gasteiger charge is -2.26. The van der Waals surface area contributed by atoms with Crippen LogP contribution in [0, 0.1) is 5.92 Å². The van der Waals surface area contributed by atoms with Gasteiger partial charge in [0.1, 0.15) is 6.04 Å². The van der Waals surface area contributed by atoms with Crippen molar-refractivity contribution in [3.63, 3.8) is 0 Å². The summed E-state index contributed by atoms with van der Waals surface area (Å²) < 4.78 is 37.7. The van der Waals surface area contributed by atoms with Crippen LogP contribution in [0.1, 0.15) is 37.3 Å². The fraction of sp³-hybridized carbons (Fsp3) is 0.529. The summed E-state index contributed by atoms with van der Waals surface area (Å²) in [6, 6.07) is 3.96. The number of benzene rings is 1. The Kier molecular flexibility index (Phi) is 5.51. The molecule has 4 nitrogen and oxygen atoms in total. The van der Waals surface area contributed by atoms with Crippen molar-refractivity contribution in [2.24, 2.45) is 5.92 Å². The summed E-state index contributed by atoms with van der Waals surface area (Å²) >= 11 is 0. The predicted octanol–water partition coefficient (Wildman–Crippen LogP) is 3.35. The van der Waals surface area contributed by atoms with Gasteiger partial charge in [-0.2, -0.15) is 13.2 Å². The minimum Gasteiger partial charge on any atom is -0.480 e. The van der Waals surface area contributed by atoms with Crippen LogP contribution in [0.3, 0.4) is 0 Å². The third-order valence-corrected chi connectivity index (χ3v) is 4.43. The molecule has 2 atom stereocenters. The lowest BCUT2D eigenvalue weighted by molar-refractivity contribution is -0.150. The van der Waals surface area contributed by atoms with E-state index in [1.165, 1.54) is 17.0 Å². The Labute approximate surface area is 138 Å². The minimum absolute atomic E-state index is 0.234. The van der Waals surface area contributed by atoms with E-state index >= 15 is 0 Å². The molecule has 1 aliphatic rings. The first-order chi connectivity index (χ1) is 11.2. The van der Waals surface area contributed by atoms with Crippen LogP contribution in [0.2, 0.25) is 0 Å². The molecule has 0 aliphatic carbocycles. The molecule has 1 aromatic carbocycles. The molecule has 0 spiro atoms. The van der Waals surface area contributed by atoms with Crippen molar-refractivity contribution in [3.05, 3.63) is 35.4 Å². The molecule has 1 fully saturated rings. The highest BCUT2D eigenvalue weighted by Crippen LogP contribution is 2.30.